The van der Waals surface area contributed by atoms with Crippen molar-refractivity contribution in [3.63, 3.8) is 0 Å². The van der Waals surface area contributed by atoms with Gasteiger partial charge < -0.3 is 10.1 Å². The second-order valence-electron chi connectivity index (χ2n) is 7.18. The molecular formula is C23H21ClN2O3. The molecule has 0 aliphatic heterocycles. The molecule has 1 aliphatic carbocycles. The number of aromatic nitrogens is 1. The van der Waals surface area contributed by atoms with Crippen LogP contribution >= 0.6 is 11.6 Å². The van der Waals surface area contributed by atoms with Crippen LogP contribution in [0.15, 0.2) is 48.5 Å². The number of halogens is 1. The second-order valence-corrected chi connectivity index (χ2v) is 7.62. The average molecular weight is 409 g/mol. The molecule has 1 atom stereocenters. The van der Waals surface area contributed by atoms with Gasteiger partial charge in [-0.3, -0.25) is 9.78 Å². The molecule has 0 spiro atoms. The van der Waals surface area contributed by atoms with Crippen LogP contribution in [0.1, 0.15) is 41.4 Å². The number of hydrogen-bond acceptors (Lipinski definition) is 4. The number of para-hydroxylation sites is 1. The SMILES string of the molecule is C[C@H](OC(=O)c1c2c(nc3ccccc13)CCCC2)C(=O)Nc1cccc(Cl)c1. The van der Waals surface area contributed by atoms with E-state index in [-0.39, 0.29) is 0 Å². The van der Waals surface area contributed by atoms with E-state index in [1.54, 1.807) is 31.2 Å². The van der Waals surface area contributed by atoms with E-state index in [0.717, 1.165) is 47.8 Å². The predicted octanol–water partition coefficient (Wildman–Crippen LogP) is 4.95. The van der Waals surface area contributed by atoms with Gasteiger partial charge in [-0.1, -0.05) is 35.9 Å². The number of hydrogen-bond donors (Lipinski definition) is 1. The van der Waals surface area contributed by atoms with Crippen LogP contribution in [0.5, 0.6) is 0 Å². The van der Waals surface area contributed by atoms with Crippen molar-refractivity contribution in [2.45, 2.75) is 38.7 Å². The molecule has 0 bridgehead atoms. The van der Waals surface area contributed by atoms with Crippen LogP contribution in [-0.4, -0.2) is 23.0 Å². The number of pyridine rings is 1. The molecular weight excluding hydrogens is 388 g/mol. The van der Waals surface area contributed by atoms with Gasteiger partial charge in [-0.2, -0.15) is 0 Å². The summed E-state index contributed by atoms with van der Waals surface area (Å²) in [5, 5.41) is 4.01. The normalized spacial score (nSPS) is 14.1. The highest BCUT2D eigenvalue weighted by molar-refractivity contribution is 6.30. The summed E-state index contributed by atoms with van der Waals surface area (Å²) >= 11 is 5.95. The van der Waals surface area contributed by atoms with Gasteiger partial charge in [0.1, 0.15) is 0 Å². The number of nitrogens with one attached hydrogen (secondary N) is 1. The number of carbonyl (C=O) groups is 2. The first kappa shape index (κ1) is 19.4. The van der Waals surface area contributed by atoms with Crippen LogP contribution < -0.4 is 5.32 Å². The van der Waals surface area contributed by atoms with E-state index in [9.17, 15) is 9.59 Å². The van der Waals surface area contributed by atoms with Crippen molar-refractivity contribution in [3.8, 4) is 0 Å². The van der Waals surface area contributed by atoms with Gasteiger partial charge in [-0.05, 0) is 62.4 Å². The number of nitrogens with zero attached hydrogens (tertiary/aromatic N) is 1. The van der Waals surface area contributed by atoms with Crippen LogP contribution in [0.3, 0.4) is 0 Å². The molecule has 1 amide bonds. The van der Waals surface area contributed by atoms with Crippen LogP contribution in [0.2, 0.25) is 5.02 Å². The van der Waals surface area contributed by atoms with Gasteiger partial charge in [0.25, 0.3) is 5.91 Å². The number of esters is 1. The van der Waals surface area contributed by atoms with Gasteiger partial charge in [-0.15, -0.1) is 0 Å². The number of benzene rings is 2. The van der Waals surface area contributed by atoms with E-state index in [0.29, 0.717) is 16.3 Å². The van der Waals surface area contributed by atoms with Crippen LogP contribution in [0, 0.1) is 0 Å². The molecule has 4 rings (SSSR count). The lowest BCUT2D eigenvalue weighted by atomic mass is 9.90. The zero-order chi connectivity index (χ0) is 20.4. The summed E-state index contributed by atoms with van der Waals surface area (Å²) in [6.45, 7) is 1.56. The highest BCUT2D eigenvalue weighted by Crippen LogP contribution is 2.30. The molecule has 1 aromatic heterocycles. The molecule has 148 valence electrons. The van der Waals surface area contributed by atoms with Gasteiger partial charge in [0.2, 0.25) is 0 Å². The van der Waals surface area contributed by atoms with Crippen molar-refractivity contribution in [3.05, 3.63) is 70.4 Å². The molecule has 1 heterocycles. The second kappa shape index (κ2) is 8.21. The van der Waals surface area contributed by atoms with Crippen molar-refractivity contribution >= 4 is 40.1 Å². The fraction of sp³-hybridized carbons (Fsp3) is 0.261. The summed E-state index contributed by atoms with van der Waals surface area (Å²) in [5.74, 6) is -0.900. The molecule has 0 saturated carbocycles. The Hall–Kier alpha value is -2.92. The smallest absolute Gasteiger partial charge is 0.339 e. The predicted molar refractivity (Wildman–Crippen MR) is 113 cm³/mol. The zero-order valence-corrected chi connectivity index (χ0v) is 16.8. The van der Waals surface area contributed by atoms with Crippen molar-refractivity contribution in [2.75, 3.05) is 5.32 Å². The third kappa shape index (κ3) is 4.10. The topological polar surface area (TPSA) is 68.3 Å². The fourth-order valence-corrected chi connectivity index (χ4v) is 3.88. The molecule has 29 heavy (non-hydrogen) atoms. The van der Waals surface area contributed by atoms with E-state index >= 15 is 0 Å². The minimum Gasteiger partial charge on any atom is -0.449 e. The number of rotatable bonds is 4. The Morgan fingerprint density at radius 3 is 2.72 bits per heavy atom. The summed E-state index contributed by atoms with van der Waals surface area (Å²) in [6, 6.07) is 14.4. The van der Waals surface area contributed by atoms with E-state index in [2.05, 4.69) is 5.32 Å². The molecule has 2 aromatic carbocycles. The van der Waals surface area contributed by atoms with Crippen molar-refractivity contribution in [2.24, 2.45) is 0 Å². The largest absolute Gasteiger partial charge is 0.449 e. The Bertz CT molecular complexity index is 1100. The lowest BCUT2D eigenvalue weighted by Gasteiger charge is -2.21. The number of ether oxygens (including phenoxy) is 1. The van der Waals surface area contributed by atoms with E-state index in [1.807, 2.05) is 24.3 Å². The zero-order valence-electron chi connectivity index (χ0n) is 16.1. The summed E-state index contributed by atoms with van der Waals surface area (Å²) in [6.07, 6.45) is 2.77. The maximum Gasteiger partial charge on any atom is 0.339 e. The van der Waals surface area contributed by atoms with Gasteiger partial charge in [0, 0.05) is 21.8 Å². The molecule has 6 heteroatoms. The van der Waals surface area contributed by atoms with Crippen LogP contribution in [0.25, 0.3) is 10.9 Å². The van der Waals surface area contributed by atoms with E-state index in [4.69, 9.17) is 21.3 Å². The number of aryl methyl sites for hydroxylation is 1. The lowest BCUT2D eigenvalue weighted by molar-refractivity contribution is -0.123. The summed E-state index contributed by atoms with van der Waals surface area (Å²) in [7, 11) is 0. The lowest BCUT2D eigenvalue weighted by Crippen LogP contribution is -2.30. The average Bonchev–Trinajstić information content (AvgIpc) is 2.71. The Morgan fingerprint density at radius 1 is 1.10 bits per heavy atom. The Kier molecular flexibility index (Phi) is 5.49. The number of anilines is 1. The van der Waals surface area contributed by atoms with Crippen molar-refractivity contribution in [1.82, 2.24) is 4.98 Å². The van der Waals surface area contributed by atoms with Crippen LogP contribution in [-0.2, 0) is 22.4 Å². The van der Waals surface area contributed by atoms with Crippen LogP contribution in [0.4, 0.5) is 5.69 Å². The molecule has 0 saturated heterocycles. The molecule has 5 nitrogen and oxygen atoms in total. The summed E-state index contributed by atoms with van der Waals surface area (Å²) in [4.78, 5) is 30.3. The van der Waals surface area contributed by atoms with Gasteiger partial charge >= 0.3 is 5.97 Å². The minimum atomic E-state index is -0.951. The van der Waals surface area contributed by atoms with Gasteiger partial charge in [-0.25, -0.2) is 4.79 Å². The Balaban J connectivity index is 1.59. The molecule has 0 fully saturated rings. The third-order valence-electron chi connectivity index (χ3n) is 5.12. The number of amides is 1. The standard InChI is InChI=1S/C23H21ClN2O3/c1-14(22(27)25-16-8-6-7-15(24)13-16)29-23(28)21-17-9-2-4-11-19(17)26-20-12-5-3-10-18(20)21/h2,4,6-9,11,13-14H,3,5,10,12H2,1H3,(H,25,27)/t14-/m0/s1. The summed E-state index contributed by atoms with van der Waals surface area (Å²) < 4.78 is 5.56. The first-order valence-corrected chi connectivity index (χ1v) is 10.1. The van der Waals surface area contributed by atoms with Gasteiger partial charge in [0.05, 0.1) is 11.1 Å². The first-order chi connectivity index (χ1) is 14.0. The van der Waals surface area contributed by atoms with Gasteiger partial charge in [0.15, 0.2) is 6.10 Å². The Morgan fingerprint density at radius 2 is 1.90 bits per heavy atom. The minimum absolute atomic E-state index is 0.409. The molecule has 1 aliphatic rings. The van der Waals surface area contributed by atoms with E-state index in [1.165, 1.54) is 0 Å². The highest BCUT2D eigenvalue weighted by atomic mass is 35.5. The molecule has 0 unspecified atom stereocenters. The quantitative estimate of drug-likeness (QED) is 0.620. The number of carbonyl (C=O) groups excluding carboxylic acids is 2. The molecule has 1 N–H and O–H groups in total. The monoisotopic (exact) mass is 408 g/mol. The number of fused-ring (bicyclic) bond motifs is 2. The maximum absolute atomic E-state index is 13.1. The molecule has 0 radical (unpaired) electrons. The van der Waals surface area contributed by atoms with Crippen molar-refractivity contribution in [1.29, 1.82) is 0 Å². The van der Waals surface area contributed by atoms with E-state index < -0.39 is 18.0 Å². The molecule has 3 aromatic rings. The fourth-order valence-electron chi connectivity index (χ4n) is 3.69. The third-order valence-corrected chi connectivity index (χ3v) is 5.35. The maximum atomic E-state index is 13.1. The highest BCUT2D eigenvalue weighted by Gasteiger charge is 2.26. The van der Waals surface area contributed by atoms with Crippen molar-refractivity contribution < 1.29 is 14.3 Å². The Labute approximate surface area is 174 Å². The first-order valence-electron chi connectivity index (χ1n) is 9.71. The summed E-state index contributed by atoms with van der Waals surface area (Å²) in [5.41, 5.74) is 3.77.